The van der Waals surface area contributed by atoms with E-state index in [0.717, 1.165) is 29.0 Å². The first kappa shape index (κ1) is 12.1. The maximum Gasteiger partial charge on any atom is 0.0509 e. The van der Waals surface area contributed by atoms with Crippen molar-refractivity contribution >= 4 is 28.9 Å². The largest absolute Gasteiger partial charge is 0.374 e. The highest BCUT2D eigenvalue weighted by atomic mass is 35.5. The average molecular weight is 258 g/mol. The number of anilines is 1. The van der Waals surface area contributed by atoms with E-state index in [1.54, 1.807) is 0 Å². The normalized spacial score (nSPS) is 23.2. The van der Waals surface area contributed by atoms with E-state index < -0.39 is 0 Å². The summed E-state index contributed by atoms with van der Waals surface area (Å²) in [6.07, 6.45) is 1.35. The number of rotatable bonds is 4. The molecule has 2 atom stereocenters. The zero-order valence-electron chi connectivity index (χ0n) is 9.71. The van der Waals surface area contributed by atoms with Crippen LogP contribution in [0, 0.1) is 11.8 Å². The fourth-order valence-electron chi connectivity index (χ4n) is 2.14. The van der Waals surface area contributed by atoms with Crippen molar-refractivity contribution in [2.45, 2.75) is 19.2 Å². The molecule has 0 bridgehead atoms. The van der Waals surface area contributed by atoms with Crippen LogP contribution in [0.25, 0.3) is 0 Å². The Morgan fingerprint density at radius 1 is 1.44 bits per heavy atom. The second kappa shape index (κ2) is 4.85. The van der Waals surface area contributed by atoms with Gasteiger partial charge in [0.1, 0.15) is 0 Å². The van der Waals surface area contributed by atoms with Crippen molar-refractivity contribution in [2.75, 3.05) is 18.5 Å². The molecule has 2 unspecified atom stereocenters. The van der Waals surface area contributed by atoms with E-state index in [1.807, 2.05) is 12.1 Å². The lowest BCUT2D eigenvalue weighted by Crippen LogP contribution is -2.21. The summed E-state index contributed by atoms with van der Waals surface area (Å²) in [5.41, 5.74) is 2.21. The van der Waals surface area contributed by atoms with Crippen molar-refractivity contribution in [3.8, 4) is 0 Å². The van der Waals surface area contributed by atoms with Crippen LogP contribution < -0.4 is 4.90 Å². The number of hydrogen-bond donors (Lipinski definition) is 0. The SMILES string of the molecule is CC1CC1CN(C)c1cccc(Cl)c1CCl. The minimum Gasteiger partial charge on any atom is -0.374 e. The summed E-state index contributed by atoms with van der Waals surface area (Å²) >= 11 is 12.1. The summed E-state index contributed by atoms with van der Waals surface area (Å²) in [4.78, 5) is 2.28. The van der Waals surface area contributed by atoms with Crippen molar-refractivity contribution in [3.63, 3.8) is 0 Å². The monoisotopic (exact) mass is 257 g/mol. The second-order valence-electron chi connectivity index (χ2n) is 4.72. The Morgan fingerprint density at radius 3 is 2.69 bits per heavy atom. The first-order chi connectivity index (χ1) is 7.63. The van der Waals surface area contributed by atoms with Gasteiger partial charge in [-0.2, -0.15) is 0 Å². The molecule has 0 spiro atoms. The van der Waals surface area contributed by atoms with E-state index in [4.69, 9.17) is 23.2 Å². The molecular formula is C13H17Cl2N. The topological polar surface area (TPSA) is 3.24 Å². The van der Waals surface area contributed by atoms with E-state index in [2.05, 4.69) is 24.9 Å². The van der Waals surface area contributed by atoms with Crippen LogP contribution in [-0.2, 0) is 5.88 Å². The van der Waals surface area contributed by atoms with Crippen molar-refractivity contribution in [3.05, 3.63) is 28.8 Å². The van der Waals surface area contributed by atoms with E-state index in [9.17, 15) is 0 Å². The molecule has 0 aromatic heterocycles. The lowest BCUT2D eigenvalue weighted by molar-refractivity contribution is 0.724. The molecule has 88 valence electrons. The van der Waals surface area contributed by atoms with Gasteiger partial charge in [-0.15, -0.1) is 11.6 Å². The quantitative estimate of drug-likeness (QED) is 0.732. The molecule has 1 aliphatic carbocycles. The van der Waals surface area contributed by atoms with E-state index in [1.165, 1.54) is 12.1 Å². The number of nitrogens with zero attached hydrogens (tertiary/aromatic N) is 1. The van der Waals surface area contributed by atoms with E-state index in [-0.39, 0.29) is 0 Å². The molecule has 1 nitrogen and oxygen atoms in total. The fourth-order valence-corrected chi connectivity index (χ4v) is 2.73. The average Bonchev–Trinajstić information content (AvgIpc) is 2.93. The molecule has 1 fully saturated rings. The Balaban J connectivity index is 2.15. The molecule has 0 heterocycles. The van der Waals surface area contributed by atoms with Crippen molar-refractivity contribution in [2.24, 2.45) is 11.8 Å². The molecule has 1 aromatic carbocycles. The summed E-state index contributed by atoms with van der Waals surface area (Å²) in [5, 5.41) is 0.767. The lowest BCUT2D eigenvalue weighted by atomic mass is 10.1. The van der Waals surface area contributed by atoms with Gasteiger partial charge in [-0.3, -0.25) is 0 Å². The van der Waals surface area contributed by atoms with Gasteiger partial charge >= 0.3 is 0 Å². The van der Waals surface area contributed by atoms with Gasteiger partial charge in [0.25, 0.3) is 0 Å². The molecule has 0 amide bonds. The van der Waals surface area contributed by atoms with Crippen LogP contribution in [0.1, 0.15) is 18.9 Å². The molecule has 0 saturated heterocycles. The molecule has 1 saturated carbocycles. The minimum atomic E-state index is 0.472. The highest BCUT2D eigenvalue weighted by Gasteiger charge is 2.33. The molecule has 16 heavy (non-hydrogen) atoms. The van der Waals surface area contributed by atoms with Gasteiger partial charge in [-0.05, 0) is 30.4 Å². The summed E-state index contributed by atoms with van der Waals surface area (Å²) in [6, 6.07) is 5.98. The van der Waals surface area contributed by atoms with Crippen molar-refractivity contribution in [1.29, 1.82) is 0 Å². The zero-order chi connectivity index (χ0) is 11.7. The summed E-state index contributed by atoms with van der Waals surface area (Å²) < 4.78 is 0. The Labute approximate surface area is 107 Å². The van der Waals surface area contributed by atoms with E-state index in [0.29, 0.717) is 5.88 Å². The van der Waals surface area contributed by atoms with Crippen LogP contribution in [0.5, 0.6) is 0 Å². The van der Waals surface area contributed by atoms with Crippen molar-refractivity contribution in [1.82, 2.24) is 0 Å². The van der Waals surface area contributed by atoms with Crippen LogP contribution >= 0.6 is 23.2 Å². The van der Waals surface area contributed by atoms with Crippen LogP contribution in [0.3, 0.4) is 0 Å². The molecule has 2 rings (SSSR count). The Morgan fingerprint density at radius 2 is 2.12 bits per heavy atom. The molecular weight excluding hydrogens is 241 g/mol. The maximum atomic E-state index is 6.14. The zero-order valence-corrected chi connectivity index (χ0v) is 11.2. The smallest absolute Gasteiger partial charge is 0.0509 e. The molecule has 3 heteroatoms. The molecule has 1 aromatic rings. The third-order valence-electron chi connectivity index (χ3n) is 3.42. The van der Waals surface area contributed by atoms with Gasteiger partial charge in [0.2, 0.25) is 0 Å². The first-order valence-electron chi connectivity index (χ1n) is 5.68. The first-order valence-corrected chi connectivity index (χ1v) is 6.59. The molecule has 0 aliphatic heterocycles. The van der Waals surface area contributed by atoms with Crippen LogP contribution in [0.2, 0.25) is 5.02 Å². The third kappa shape index (κ3) is 2.46. The van der Waals surface area contributed by atoms with Gasteiger partial charge in [-0.1, -0.05) is 24.6 Å². The summed E-state index contributed by atoms with van der Waals surface area (Å²) in [6.45, 7) is 3.41. The van der Waals surface area contributed by atoms with Crippen LogP contribution in [-0.4, -0.2) is 13.6 Å². The Bertz CT molecular complexity index is 378. The maximum absolute atomic E-state index is 6.14. The highest BCUT2D eigenvalue weighted by molar-refractivity contribution is 6.32. The van der Waals surface area contributed by atoms with Gasteiger partial charge in [0.15, 0.2) is 0 Å². The van der Waals surface area contributed by atoms with Gasteiger partial charge < -0.3 is 4.90 Å². The van der Waals surface area contributed by atoms with Crippen LogP contribution in [0.4, 0.5) is 5.69 Å². The summed E-state index contributed by atoms with van der Waals surface area (Å²) in [5.74, 6) is 2.19. The van der Waals surface area contributed by atoms with Gasteiger partial charge in [-0.25, -0.2) is 0 Å². The van der Waals surface area contributed by atoms with Gasteiger partial charge in [0.05, 0.1) is 5.88 Å². The molecule has 1 aliphatic rings. The standard InChI is InChI=1S/C13H17Cl2N/c1-9-6-10(9)8-16(2)13-5-3-4-12(15)11(13)7-14/h3-5,9-10H,6-8H2,1-2H3. The number of halogens is 2. The number of alkyl halides is 1. The lowest BCUT2D eigenvalue weighted by Gasteiger charge is -2.22. The Kier molecular flexibility index (Phi) is 3.66. The second-order valence-corrected chi connectivity index (χ2v) is 5.40. The molecule has 0 N–H and O–H groups in total. The van der Waals surface area contributed by atoms with Gasteiger partial charge in [0, 0.05) is 29.9 Å². The fraction of sp³-hybridized carbons (Fsp3) is 0.538. The third-order valence-corrected chi connectivity index (χ3v) is 4.04. The number of hydrogen-bond acceptors (Lipinski definition) is 1. The summed E-state index contributed by atoms with van der Waals surface area (Å²) in [7, 11) is 2.12. The Hall–Kier alpha value is -0.400. The molecule has 0 radical (unpaired) electrons. The van der Waals surface area contributed by atoms with E-state index >= 15 is 0 Å². The highest BCUT2D eigenvalue weighted by Crippen LogP contribution is 2.39. The minimum absolute atomic E-state index is 0.472. The predicted molar refractivity (Wildman–Crippen MR) is 71.6 cm³/mol. The predicted octanol–water partition coefficient (Wildman–Crippen LogP) is 4.17. The van der Waals surface area contributed by atoms with Crippen molar-refractivity contribution < 1.29 is 0 Å². The van der Waals surface area contributed by atoms with Crippen LogP contribution in [0.15, 0.2) is 18.2 Å². The number of benzene rings is 1.